The van der Waals surface area contributed by atoms with Crippen LogP contribution in [0.15, 0.2) is 48.0 Å². The molecule has 0 bridgehead atoms. The first-order chi connectivity index (χ1) is 16.6. The summed E-state index contributed by atoms with van der Waals surface area (Å²) in [5.74, 6) is -1.30. The zero-order valence-electron chi connectivity index (χ0n) is 21.4. The number of urea groups is 1. The van der Waals surface area contributed by atoms with E-state index in [1.165, 1.54) is 0 Å². The highest BCUT2D eigenvalue weighted by atomic mass is 16.2. The maximum Gasteiger partial charge on any atom is 0.335 e. The molecule has 2 heterocycles. The molecule has 1 N–H and O–H groups in total. The smallest absolute Gasteiger partial charge is 0.335 e. The lowest BCUT2D eigenvalue weighted by molar-refractivity contribution is -0.122. The fourth-order valence-electron chi connectivity index (χ4n) is 4.96. The summed E-state index contributed by atoms with van der Waals surface area (Å²) in [6.45, 7) is 13.6. The lowest BCUT2D eigenvalue weighted by atomic mass is 9.86. The van der Waals surface area contributed by atoms with Crippen LogP contribution in [0.1, 0.15) is 63.3 Å². The molecule has 0 saturated carbocycles. The largest absolute Gasteiger partial charge is 0.362 e. The van der Waals surface area contributed by atoms with Crippen LogP contribution in [0.2, 0.25) is 0 Å². The normalized spacial score (nSPS) is 18.5. The number of nitrogens with one attached hydrogen (secondary N) is 1. The van der Waals surface area contributed by atoms with Crippen LogP contribution in [0.3, 0.4) is 0 Å². The highest BCUT2D eigenvalue weighted by Gasteiger charge is 2.37. The predicted octanol–water partition coefficient (Wildman–Crippen LogP) is 5.64. The molecule has 182 valence electrons. The van der Waals surface area contributed by atoms with Gasteiger partial charge in [-0.3, -0.25) is 14.9 Å². The van der Waals surface area contributed by atoms with E-state index in [0.717, 1.165) is 57.8 Å². The van der Waals surface area contributed by atoms with Gasteiger partial charge >= 0.3 is 6.03 Å². The van der Waals surface area contributed by atoms with E-state index in [1.54, 1.807) is 18.2 Å². The second kappa shape index (κ2) is 9.17. The SMILES string of the molecule is CCCN1c2cc(C)c(/C=C3/C(=O)NC(=O)N(c4ccc(CC)cc4)C3=O)cc2C(C)=CC1(C)C. The molecule has 2 aromatic carbocycles. The maximum absolute atomic E-state index is 13.3. The number of fused-ring (bicyclic) bond motifs is 1. The molecule has 0 unspecified atom stereocenters. The molecule has 35 heavy (non-hydrogen) atoms. The van der Waals surface area contributed by atoms with Gasteiger partial charge in [0.05, 0.1) is 11.2 Å². The third-order valence-corrected chi connectivity index (χ3v) is 6.82. The molecule has 0 radical (unpaired) electrons. The van der Waals surface area contributed by atoms with Gasteiger partial charge in [0.1, 0.15) is 5.57 Å². The number of rotatable bonds is 5. The number of allylic oxidation sites excluding steroid dienone is 1. The van der Waals surface area contributed by atoms with E-state index >= 15 is 0 Å². The maximum atomic E-state index is 13.3. The van der Waals surface area contributed by atoms with Crippen molar-refractivity contribution in [1.29, 1.82) is 0 Å². The van der Waals surface area contributed by atoms with Crippen LogP contribution in [0.5, 0.6) is 0 Å². The zero-order valence-corrected chi connectivity index (χ0v) is 21.4. The zero-order chi connectivity index (χ0) is 25.5. The molecule has 2 aromatic rings. The number of barbiturate groups is 1. The summed E-state index contributed by atoms with van der Waals surface area (Å²) in [5, 5.41) is 2.32. The van der Waals surface area contributed by atoms with Crippen molar-refractivity contribution in [3.8, 4) is 0 Å². The minimum Gasteiger partial charge on any atom is -0.362 e. The number of imide groups is 2. The molecular formula is C29H33N3O3. The molecule has 2 aliphatic heterocycles. The van der Waals surface area contributed by atoms with Gasteiger partial charge in [0.15, 0.2) is 0 Å². The van der Waals surface area contributed by atoms with Crippen molar-refractivity contribution in [1.82, 2.24) is 5.32 Å². The summed E-state index contributed by atoms with van der Waals surface area (Å²) in [5.41, 5.74) is 6.50. The lowest BCUT2D eigenvalue weighted by Gasteiger charge is -2.43. The van der Waals surface area contributed by atoms with Gasteiger partial charge in [0.25, 0.3) is 11.8 Å². The molecular weight excluding hydrogens is 438 g/mol. The Morgan fingerprint density at radius 3 is 2.31 bits per heavy atom. The number of hydrogen-bond acceptors (Lipinski definition) is 4. The van der Waals surface area contributed by atoms with Gasteiger partial charge in [-0.15, -0.1) is 0 Å². The third kappa shape index (κ3) is 4.41. The minimum atomic E-state index is -0.736. The van der Waals surface area contributed by atoms with Crippen LogP contribution >= 0.6 is 0 Å². The summed E-state index contributed by atoms with van der Waals surface area (Å²) >= 11 is 0. The number of nitrogens with zero attached hydrogens (tertiary/aromatic N) is 2. The van der Waals surface area contributed by atoms with Crippen molar-refractivity contribution in [2.24, 2.45) is 0 Å². The number of aryl methyl sites for hydroxylation is 2. The van der Waals surface area contributed by atoms with Gasteiger partial charge in [-0.1, -0.05) is 32.1 Å². The summed E-state index contributed by atoms with van der Waals surface area (Å²) in [7, 11) is 0. The second-order valence-electron chi connectivity index (χ2n) is 9.84. The minimum absolute atomic E-state index is 0.0598. The van der Waals surface area contributed by atoms with Crippen LogP contribution in [0, 0.1) is 6.92 Å². The van der Waals surface area contributed by atoms with E-state index in [0.29, 0.717) is 5.69 Å². The molecule has 6 heteroatoms. The summed E-state index contributed by atoms with van der Waals surface area (Å²) in [6, 6.07) is 10.6. The first kappa shape index (κ1) is 24.5. The van der Waals surface area contributed by atoms with Gasteiger partial charge in [0, 0.05) is 17.8 Å². The second-order valence-corrected chi connectivity index (χ2v) is 9.84. The number of carbonyl (C=O) groups excluding carboxylic acids is 3. The molecule has 0 aliphatic carbocycles. The molecule has 1 saturated heterocycles. The van der Waals surface area contributed by atoms with Gasteiger partial charge in [-0.05, 0) is 93.1 Å². The van der Waals surface area contributed by atoms with E-state index in [4.69, 9.17) is 0 Å². The van der Waals surface area contributed by atoms with Crippen molar-refractivity contribution in [2.45, 2.75) is 59.9 Å². The van der Waals surface area contributed by atoms with Crippen LogP contribution in [-0.2, 0) is 16.0 Å². The van der Waals surface area contributed by atoms with Crippen molar-refractivity contribution in [3.63, 3.8) is 0 Å². The predicted molar refractivity (Wildman–Crippen MR) is 141 cm³/mol. The van der Waals surface area contributed by atoms with E-state index < -0.39 is 17.8 Å². The molecule has 4 amide bonds. The van der Waals surface area contributed by atoms with E-state index in [2.05, 4.69) is 50.1 Å². The Balaban J connectivity index is 1.77. The molecule has 4 rings (SSSR count). The highest BCUT2D eigenvalue weighted by molar-refractivity contribution is 6.39. The Bertz CT molecular complexity index is 1270. The van der Waals surface area contributed by atoms with Crippen molar-refractivity contribution in [3.05, 3.63) is 70.3 Å². The average molecular weight is 472 g/mol. The monoisotopic (exact) mass is 471 g/mol. The van der Waals surface area contributed by atoms with Gasteiger partial charge in [-0.2, -0.15) is 0 Å². The number of anilines is 2. The first-order valence-corrected chi connectivity index (χ1v) is 12.2. The molecule has 2 aliphatic rings. The quantitative estimate of drug-likeness (QED) is 0.453. The van der Waals surface area contributed by atoms with Crippen molar-refractivity contribution < 1.29 is 14.4 Å². The number of hydrogen-bond donors (Lipinski definition) is 1. The van der Waals surface area contributed by atoms with E-state index in [9.17, 15) is 14.4 Å². The van der Waals surface area contributed by atoms with Crippen molar-refractivity contribution in [2.75, 3.05) is 16.3 Å². The third-order valence-electron chi connectivity index (χ3n) is 6.82. The number of benzene rings is 2. The lowest BCUT2D eigenvalue weighted by Crippen LogP contribution is -2.54. The molecule has 0 aromatic heterocycles. The highest BCUT2D eigenvalue weighted by Crippen LogP contribution is 2.40. The summed E-state index contributed by atoms with van der Waals surface area (Å²) in [4.78, 5) is 42.1. The fraction of sp³-hybridized carbons (Fsp3) is 0.345. The first-order valence-electron chi connectivity index (χ1n) is 12.2. The Hall–Kier alpha value is -3.67. The number of amides is 4. The standard InChI is InChI=1S/C29H33N3O3/c1-7-13-31-25-14-18(3)21(15-23(25)19(4)17-29(31,5)6)16-24-26(33)30-28(35)32(27(24)34)22-11-9-20(8-2)10-12-22/h9-12,14-17H,7-8,13H2,1-6H3,(H,30,33,35)/b24-16-. The Labute approximate surface area is 207 Å². The number of carbonyl (C=O) groups is 3. The summed E-state index contributed by atoms with van der Waals surface area (Å²) < 4.78 is 0. The van der Waals surface area contributed by atoms with Crippen LogP contribution in [0.4, 0.5) is 16.2 Å². The van der Waals surface area contributed by atoms with E-state index in [1.807, 2.05) is 32.0 Å². The topological polar surface area (TPSA) is 69.7 Å². The molecule has 6 nitrogen and oxygen atoms in total. The van der Waals surface area contributed by atoms with Gasteiger partial charge < -0.3 is 4.90 Å². The van der Waals surface area contributed by atoms with E-state index in [-0.39, 0.29) is 11.1 Å². The van der Waals surface area contributed by atoms with Crippen LogP contribution in [0.25, 0.3) is 11.6 Å². The van der Waals surface area contributed by atoms with Crippen LogP contribution in [-0.4, -0.2) is 29.9 Å². The van der Waals surface area contributed by atoms with Gasteiger partial charge in [-0.25, -0.2) is 9.69 Å². The molecule has 0 spiro atoms. The average Bonchev–Trinajstić information content (AvgIpc) is 2.80. The molecule has 1 fully saturated rings. The summed E-state index contributed by atoms with van der Waals surface area (Å²) in [6.07, 6.45) is 5.74. The Morgan fingerprint density at radius 2 is 1.69 bits per heavy atom. The van der Waals surface area contributed by atoms with Gasteiger partial charge in [0.2, 0.25) is 0 Å². The Morgan fingerprint density at radius 1 is 1.00 bits per heavy atom. The van der Waals surface area contributed by atoms with Crippen molar-refractivity contribution >= 4 is 40.9 Å². The fourth-order valence-corrected chi connectivity index (χ4v) is 4.96. The molecule has 0 atom stereocenters. The van der Waals surface area contributed by atoms with Crippen LogP contribution < -0.4 is 15.1 Å². The Kier molecular flexibility index (Phi) is 6.41.